The van der Waals surface area contributed by atoms with Crippen molar-refractivity contribution in [1.82, 2.24) is 0 Å². The van der Waals surface area contributed by atoms with Crippen LogP contribution in [0.3, 0.4) is 0 Å². The average molecular weight is 653 g/mol. The summed E-state index contributed by atoms with van der Waals surface area (Å²) in [4.78, 5) is 0. The van der Waals surface area contributed by atoms with Crippen LogP contribution in [0.5, 0.6) is 0 Å². The van der Waals surface area contributed by atoms with Crippen molar-refractivity contribution in [1.29, 1.82) is 0 Å². The minimum atomic E-state index is -2.51. The predicted molar refractivity (Wildman–Crippen MR) is 191 cm³/mol. The summed E-state index contributed by atoms with van der Waals surface area (Å²) < 4.78 is 33.1. The first-order valence-electron chi connectivity index (χ1n) is 17.5. The highest BCUT2D eigenvalue weighted by molar-refractivity contribution is 6.99. The van der Waals surface area contributed by atoms with Gasteiger partial charge in [-0.05, 0) is 52.7 Å². The SMILES string of the molecule is C[C@H]1C[C@H](OCc2ccccc2)CO[C@]12CC[C@]1(C=CC[C@@H](/C=C/CCCO[Si](c3ccccc3)(c3ccccc3)C(C)(C)C)O1)O2. The third kappa shape index (κ3) is 7.59. The van der Waals surface area contributed by atoms with Gasteiger partial charge in [-0.3, -0.25) is 0 Å². The van der Waals surface area contributed by atoms with Gasteiger partial charge in [0.05, 0.1) is 25.4 Å². The zero-order chi connectivity index (χ0) is 32.8. The van der Waals surface area contributed by atoms with Crippen molar-refractivity contribution in [3.05, 3.63) is 121 Å². The molecule has 2 spiro atoms. The first-order chi connectivity index (χ1) is 22.7. The van der Waals surface area contributed by atoms with Crippen molar-refractivity contribution in [2.75, 3.05) is 13.2 Å². The maximum absolute atomic E-state index is 7.07. The summed E-state index contributed by atoms with van der Waals surface area (Å²) in [6.45, 7) is 11.1. The molecule has 2 saturated heterocycles. The Morgan fingerprint density at radius 1 is 0.894 bits per heavy atom. The van der Waals surface area contributed by atoms with Gasteiger partial charge in [0.2, 0.25) is 0 Å². The fourth-order valence-corrected chi connectivity index (χ4v) is 12.2. The molecular weight excluding hydrogens is 601 g/mol. The Morgan fingerprint density at radius 3 is 2.19 bits per heavy atom. The molecule has 0 N–H and O–H groups in total. The second-order valence-corrected chi connectivity index (χ2v) is 18.8. The van der Waals surface area contributed by atoms with Gasteiger partial charge in [-0.25, -0.2) is 0 Å². The van der Waals surface area contributed by atoms with Gasteiger partial charge in [0.1, 0.15) is 0 Å². The summed E-state index contributed by atoms with van der Waals surface area (Å²) in [5, 5.41) is 2.63. The van der Waals surface area contributed by atoms with Crippen LogP contribution in [0.25, 0.3) is 0 Å². The first kappa shape index (κ1) is 34.0. The lowest BCUT2D eigenvalue weighted by atomic mass is 9.89. The van der Waals surface area contributed by atoms with Gasteiger partial charge >= 0.3 is 0 Å². The van der Waals surface area contributed by atoms with E-state index in [9.17, 15) is 0 Å². The first-order valence-corrected chi connectivity index (χ1v) is 19.4. The van der Waals surface area contributed by atoms with E-state index in [0.29, 0.717) is 19.8 Å². The Bertz CT molecular complexity index is 1430. The Hall–Kier alpha value is -2.84. The molecule has 0 radical (unpaired) electrons. The standard InChI is InChI=1S/C41H52O5Si/c1-33-30-36(42-31-34-18-9-5-10-19-34)32-43-41(33)28-27-40(46-41)26-17-21-35(45-40)20-11-8-16-29-44-47(39(2,3)4,37-22-12-6-13-23-37)38-24-14-7-15-25-38/h5-7,9-15,17-20,22-26,33,35-36H,8,16,21,27-32H2,1-4H3/b20-11+/t33-,35+,36-,40-,41-/m0/s1. The fourth-order valence-electron chi connectivity index (χ4n) is 7.59. The second kappa shape index (κ2) is 14.7. The molecule has 6 rings (SSSR count). The van der Waals surface area contributed by atoms with E-state index in [1.54, 1.807) is 0 Å². The van der Waals surface area contributed by atoms with Gasteiger partial charge in [0.15, 0.2) is 11.6 Å². The highest BCUT2D eigenvalue weighted by Gasteiger charge is 2.56. The molecule has 3 aliphatic rings. The Morgan fingerprint density at radius 2 is 1.55 bits per heavy atom. The molecular formula is C41H52O5Si. The molecule has 3 aliphatic heterocycles. The van der Waals surface area contributed by atoms with Crippen molar-refractivity contribution in [3.63, 3.8) is 0 Å². The number of ether oxygens (including phenoxy) is 4. The van der Waals surface area contributed by atoms with E-state index < -0.39 is 19.9 Å². The zero-order valence-corrected chi connectivity index (χ0v) is 29.6. The van der Waals surface area contributed by atoms with Gasteiger partial charge in [-0.2, -0.15) is 0 Å². The van der Waals surface area contributed by atoms with Gasteiger partial charge in [-0.15, -0.1) is 0 Å². The molecule has 6 heteroatoms. The lowest BCUT2D eigenvalue weighted by Crippen LogP contribution is -2.66. The predicted octanol–water partition coefficient (Wildman–Crippen LogP) is 8.09. The lowest BCUT2D eigenvalue weighted by molar-refractivity contribution is -0.346. The Labute approximate surface area is 283 Å². The number of rotatable bonds is 11. The smallest absolute Gasteiger partial charge is 0.261 e. The third-order valence-electron chi connectivity index (χ3n) is 10.1. The topological polar surface area (TPSA) is 46.2 Å². The van der Waals surface area contributed by atoms with E-state index in [0.717, 1.165) is 38.5 Å². The number of allylic oxidation sites excluding steroid dienone is 1. The molecule has 0 aliphatic carbocycles. The van der Waals surface area contributed by atoms with Crippen LogP contribution in [0, 0.1) is 5.92 Å². The minimum absolute atomic E-state index is 0.0174. The van der Waals surface area contributed by atoms with E-state index >= 15 is 0 Å². The average Bonchev–Trinajstić information content (AvgIpc) is 3.43. The molecule has 3 aromatic rings. The van der Waals surface area contributed by atoms with Crippen LogP contribution in [0.4, 0.5) is 0 Å². The molecule has 47 heavy (non-hydrogen) atoms. The molecule has 5 atom stereocenters. The summed E-state index contributed by atoms with van der Waals surface area (Å²) in [5.41, 5.74) is 1.18. The van der Waals surface area contributed by atoms with Crippen molar-refractivity contribution in [3.8, 4) is 0 Å². The van der Waals surface area contributed by atoms with Crippen LogP contribution in [0.2, 0.25) is 5.04 Å². The molecule has 0 amide bonds. The van der Waals surface area contributed by atoms with Crippen LogP contribution in [0.1, 0.15) is 71.8 Å². The third-order valence-corrected chi connectivity index (χ3v) is 15.1. The van der Waals surface area contributed by atoms with Crippen molar-refractivity contribution >= 4 is 18.7 Å². The minimum Gasteiger partial charge on any atom is -0.407 e. The van der Waals surface area contributed by atoms with E-state index in [2.05, 4.69) is 125 Å². The number of unbranched alkanes of at least 4 members (excludes halogenated alkanes) is 1. The lowest BCUT2D eigenvalue weighted by Gasteiger charge is -2.44. The summed E-state index contributed by atoms with van der Waals surface area (Å²) in [6.07, 6.45) is 14.1. The van der Waals surface area contributed by atoms with Gasteiger partial charge in [-0.1, -0.05) is 137 Å². The summed E-state index contributed by atoms with van der Waals surface area (Å²) in [5.74, 6) is -1.15. The normalized spacial score (nSPS) is 28.0. The highest BCUT2D eigenvalue weighted by Crippen LogP contribution is 2.49. The van der Waals surface area contributed by atoms with Crippen molar-refractivity contribution in [2.45, 2.75) is 102 Å². The largest absolute Gasteiger partial charge is 0.407 e. The summed E-state index contributed by atoms with van der Waals surface area (Å²) in [7, 11) is -2.51. The van der Waals surface area contributed by atoms with Crippen molar-refractivity contribution < 1.29 is 23.4 Å². The van der Waals surface area contributed by atoms with Gasteiger partial charge < -0.3 is 23.4 Å². The van der Waals surface area contributed by atoms with Gasteiger partial charge in [0.25, 0.3) is 8.32 Å². The Balaban J connectivity index is 1.01. The number of benzene rings is 3. The van der Waals surface area contributed by atoms with Crippen LogP contribution in [-0.2, 0) is 30.0 Å². The molecule has 3 aromatic carbocycles. The van der Waals surface area contributed by atoms with Crippen LogP contribution in [0.15, 0.2) is 115 Å². The molecule has 2 fully saturated rings. The maximum Gasteiger partial charge on any atom is 0.261 e. The van der Waals surface area contributed by atoms with Gasteiger partial charge in [0, 0.05) is 25.4 Å². The molecule has 0 aromatic heterocycles. The van der Waals surface area contributed by atoms with E-state index in [1.165, 1.54) is 15.9 Å². The fraction of sp³-hybridized carbons (Fsp3) is 0.463. The molecule has 0 bridgehead atoms. The number of hydrogen-bond acceptors (Lipinski definition) is 5. The molecule has 0 saturated carbocycles. The summed E-state index contributed by atoms with van der Waals surface area (Å²) in [6, 6.07) is 32.1. The molecule has 3 heterocycles. The van der Waals surface area contributed by atoms with Crippen LogP contribution < -0.4 is 10.4 Å². The monoisotopic (exact) mass is 652 g/mol. The summed E-state index contributed by atoms with van der Waals surface area (Å²) >= 11 is 0. The van der Waals surface area contributed by atoms with Crippen molar-refractivity contribution in [2.24, 2.45) is 5.92 Å². The maximum atomic E-state index is 7.07. The van der Waals surface area contributed by atoms with E-state index in [1.807, 2.05) is 18.2 Å². The second-order valence-electron chi connectivity index (χ2n) is 14.5. The van der Waals surface area contributed by atoms with Crippen LogP contribution in [-0.4, -0.2) is 45.3 Å². The zero-order valence-electron chi connectivity index (χ0n) is 28.6. The molecule has 5 nitrogen and oxygen atoms in total. The molecule has 0 unspecified atom stereocenters. The Kier molecular flexibility index (Phi) is 10.7. The molecule has 250 valence electrons. The highest BCUT2D eigenvalue weighted by atomic mass is 28.4. The van der Waals surface area contributed by atoms with E-state index in [4.69, 9.17) is 23.4 Å². The van der Waals surface area contributed by atoms with E-state index in [-0.39, 0.29) is 23.2 Å². The quantitative estimate of drug-likeness (QED) is 0.119. The van der Waals surface area contributed by atoms with Crippen LogP contribution >= 0.6 is 0 Å². The number of hydrogen-bond donors (Lipinski definition) is 0.